The molecule has 0 saturated heterocycles. The molecule has 0 aliphatic heterocycles. The summed E-state index contributed by atoms with van der Waals surface area (Å²) in [5.74, 6) is -0.204. The van der Waals surface area contributed by atoms with Gasteiger partial charge in [-0.15, -0.1) is 5.10 Å². The number of hydrogen-bond donors (Lipinski definition) is 3. The van der Waals surface area contributed by atoms with Gasteiger partial charge in [-0.2, -0.15) is 4.52 Å². The number of fused-ring (bicyclic) bond motifs is 1. The van der Waals surface area contributed by atoms with Gasteiger partial charge in [0.1, 0.15) is 5.65 Å². The average molecular weight is 416 g/mol. The highest BCUT2D eigenvalue weighted by Crippen LogP contribution is 2.27. The predicted octanol–water partition coefficient (Wildman–Crippen LogP) is 3.27. The lowest BCUT2D eigenvalue weighted by Crippen LogP contribution is -2.42. The molecule has 3 N–H and O–H groups in total. The number of amides is 1. The maximum atomic E-state index is 13.1. The van der Waals surface area contributed by atoms with Gasteiger partial charge in [0, 0.05) is 24.7 Å². The van der Waals surface area contributed by atoms with Crippen molar-refractivity contribution in [2.24, 2.45) is 5.41 Å². The van der Waals surface area contributed by atoms with Crippen LogP contribution in [0.1, 0.15) is 82.5 Å². The zero-order valence-electron chi connectivity index (χ0n) is 18.2. The first-order valence-electron chi connectivity index (χ1n) is 11.2. The third kappa shape index (κ3) is 4.18. The molecule has 0 bridgehead atoms. The van der Waals surface area contributed by atoms with E-state index in [9.17, 15) is 14.7 Å². The molecule has 0 radical (unpaired) electrons. The molecule has 164 valence electrons. The number of aromatic hydroxyl groups is 1. The molecule has 0 atom stereocenters. The van der Waals surface area contributed by atoms with Crippen molar-refractivity contribution in [2.45, 2.75) is 90.8 Å². The molecule has 2 fully saturated rings. The van der Waals surface area contributed by atoms with Crippen molar-refractivity contribution in [1.29, 1.82) is 0 Å². The van der Waals surface area contributed by atoms with Crippen molar-refractivity contribution in [1.82, 2.24) is 19.5 Å². The Morgan fingerprint density at radius 2 is 1.80 bits per heavy atom. The highest BCUT2D eigenvalue weighted by Gasteiger charge is 2.29. The minimum Gasteiger partial charge on any atom is -0.494 e. The van der Waals surface area contributed by atoms with Gasteiger partial charge in [-0.05, 0) is 37.5 Å². The monoisotopic (exact) mass is 415 g/mol. The summed E-state index contributed by atoms with van der Waals surface area (Å²) in [5.41, 5.74) is -0.492. The third-order valence-electron chi connectivity index (χ3n) is 6.11. The molecule has 2 saturated carbocycles. The van der Waals surface area contributed by atoms with E-state index in [0.29, 0.717) is 24.1 Å². The average Bonchev–Trinajstić information content (AvgIpc) is 3.06. The van der Waals surface area contributed by atoms with Crippen LogP contribution in [-0.2, 0) is 6.54 Å². The molecule has 4 rings (SSSR count). The number of carbonyl (C=O) groups is 1. The standard InChI is InChI=1S/C22H33N5O3/c1-22(2,3)13-26-17-12-16(23-14-8-5-4-6-9-14)25-27(17)21(30)18(20(26)29)19(28)24-15-10-7-11-15/h12,14-15,29H,4-11,13H2,1-3H3,(H,23,25)(H,24,28). The summed E-state index contributed by atoms with van der Waals surface area (Å²) >= 11 is 0. The van der Waals surface area contributed by atoms with Gasteiger partial charge in [-0.1, -0.05) is 40.0 Å². The first-order chi connectivity index (χ1) is 14.2. The summed E-state index contributed by atoms with van der Waals surface area (Å²) < 4.78 is 2.89. The fraction of sp³-hybridized carbons (Fsp3) is 0.682. The SMILES string of the molecule is CC(C)(C)Cn1c(O)c(C(=O)NC2CCC2)c(=O)n2nc(NC3CCCCC3)cc12. The van der Waals surface area contributed by atoms with Crippen molar-refractivity contribution >= 4 is 17.4 Å². The van der Waals surface area contributed by atoms with Crippen LogP contribution in [0.15, 0.2) is 10.9 Å². The Hall–Kier alpha value is -2.51. The molecular formula is C22H33N5O3. The fourth-order valence-electron chi connectivity index (χ4n) is 4.32. The topological polar surface area (TPSA) is 101 Å². The van der Waals surface area contributed by atoms with E-state index in [-0.39, 0.29) is 22.9 Å². The van der Waals surface area contributed by atoms with Gasteiger partial charge in [0.2, 0.25) is 5.88 Å². The first kappa shape index (κ1) is 20.8. The minimum absolute atomic E-state index is 0.0733. The van der Waals surface area contributed by atoms with E-state index >= 15 is 0 Å². The molecule has 0 spiro atoms. The quantitative estimate of drug-likeness (QED) is 0.696. The lowest BCUT2D eigenvalue weighted by molar-refractivity contribution is 0.0910. The summed E-state index contributed by atoms with van der Waals surface area (Å²) in [6.45, 7) is 6.59. The second-order valence-corrected chi connectivity index (χ2v) is 10.0. The van der Waals surface area contributed by atoms with Crippen LogP contribution in [0, 0.1) is 5.41 Å². The maximum Gasteiger partial charge on any atom is 0.291 e. The predicted molar refractivity (Wildman–Crippen MR) is 116 cm³/mol. The van der Waals surface area contributed by atoms with Crippen molar-refractivity contribution in [2.75, 3.05) is 5.32 Å². The van der Waals surface area contributed by atoms with Crippen molar-refractivity contribution in [3.63, 3.8) is 0 Å². The van der Waals surface area contributed by atoms with Gasteiger partial charge in [0.05, 0.1) is 0 Å². The van der Waals surface area contributed by atoms with Crippen LogP contribution in [0.25, 0.3) is 5.65 Å². The van der Waals surface area contributed by atoms with Crippen LogP contribution in [0.4, 0.5) is 5.82 Å². The number of nitrogens with zero attached hydrogens (tertiary/aromatic N) is 3. The van der Waals surface area contributed by atoms with E-state index in [2.05, 4.69) is 15.7 Å². The molecule has 0 unspecified atom stereocenters. The summed E-state index contributed by atoms with van der Waals surface area (Å²) in [5, 5.41) is 21.8. The van der Waals surface area contributed by atoms with Gasteiger partial charge in [0.15, 0.2) is 11.4 Å². The molecule has 8 nitrogen and oxygen atoms in total. The highest BCUT2D eigenvalue weighted by molar-refractivity contribution is 5.96. The Morgan fingerprint density at radius 3 is 2.40 bits per heavy atom. The van der Waals surface area contributed by atoms with Crippen molar-refractivity contribution in [3.8, 4) is 5.88 Å². The van der Waals surface area contributed by atoms with Crippen molar-refractivity contribution in [3.05, 3.63) is 22.0 Å². The molecule has 2 aliphatic rings. The second-order valence-electron chi connectivity index (χ2n) is 10.0. The Labute approximate surface area is 176 Å². The molecule has 2 aromatic rings. The highest BCUT2D eigenvalue weighted by atomic mass is 16.3. The van der Waals surface area contributed by atoms with E-state index in [4.69, 9.17) is 0 Å². The molecular weight excluding hydrogens is 382 g/mol. The number of aromatic nitrogens is 3. The first-order valence-corrected chi connectivity index (χ1v) is 11.2. The largest absolute Gasteiger partial charge is 0.494 e. The normalized spacial score (nSPS) is 18.4. The summed E-state index contributed by atoms with van der Waals surface area (Å²) in [4.78, 5) is 26.0. The van der Waals surface area contributed by atoms with Gasteiger partial charge in [-0.25, -0.2) is 0 Å². The van der Waals surface area contributed by atoms with Gasteiger partial charge in [-0.3, -0.25) is 14.2 Å². The molecule has 2 aromatic heterocycles. The van der Waals surface area contributed by atoms with Crippen LogP contribution in [0.2, 0.25) is 0 Å². The summed E-state index contributed by atoms with van der Waals surface area (Å²) in [6, 6.07) is 2.21. The van der Waals surface area contributed by atoms with Crippen LogP contribution in [0.3, 0.4) is 0 Å². The number of nitrogens with one attached hydrogen (secondary N) is 2. The molecule has 2 heterocycles. The Balaban J connectivity index is 1.77. The van der Waals surface area contributed by atoms with E-state index in [1.807, 2.05) is 20.8 Å². The van der Waals surface area contributed by atoms with Crippen molar-refractivity contribution < 1.29 is 9.90 Å². The Kier molecular flexibility index (Phi) is 5.51. The summed E-state index contributed by atoms with van der Waals surface area (Å²) in [6.07, 6.45) is 8.68. The number of rotatable bonds is 5. The van der Waals surface area contributed by atoms with Gasteiger partial charge in [0.25, 0.3) is 11.5 Å². The molecule has 0 aromatic carbocycles. The Morgan fingerprint density at radius 1 is 1.13 bits per heavy atom. The lowest BCUT2D eigenvalue weighted by atomic mass is 9.93. The zero-order valence-corrected chi connectivity index (χ0v) is 18.2. The molecule has 8 heteroatoms. The number of anilines is 1. The molecule has 1 amide bonds. The number of hydrogen-bond acceptors (Lipinski definition) is 5. The third-order valence-corrected chi connectivity index (χ3v) is 6.11. The van der Waals surface area contributed by atoms with Gasteiger partial charge >= 0.3 is 0 Å². The van der Waals surface area contributed by atoms with E-state index < -0.39 is 11.5 Å². The van der Waals surface area contributed by atoms with Crippen LogP contribution in [-0.4, -0.2) is 37.3 Å². The second kappa shape index (κ2) is 7.96. The number of carbonyl (C=O) groups excluding carboxylic acids is 1. The Bertz CT molecular complexity index is 991. The van der Waals surface area contributed by atoms with E-state index in [1.165, 1.54) is 23.8 Å². The van der Waals surface area contributed by atoms with Gasteiger partial charge < -0.3 is 15.7 Å². The zero-order chi connectivity index (χ0) is 21.5. The van der Waals surface area contributed by atoms with Crippen LogP contribution >= 0.6 is 0 Å². The molecule has 2 aliphatic carbocycles. The summed E-state index contributed by atoms with van der Waals surface area (Å²) in [7, 11) is 0. The van der Waals surface area contributed by atoms with Crippen LogP contribution in [0.5, 0.6) is 5.88 Å². The minimum atomic E-state index is -0.582. The van der Waals surface area contributed by atoms with E-state index in [1.54, 1.807) is 10.6 Å². The lowest BCUT2D eigenvalue weighted by Gasteiger charge is -2.27. The van der Waals surface area contributed by atoms with E-state index in [0.717, 1.165) is 32.1 Å². The maximum absolute atomic E-state index is 13.1. The molecule has 30 heavy (non-hydrogen) atoms. The van der Waals surface area contributed by atoms with Crippen LogP contribution < -0.4 is 16.2 Å². The fourth-order valence-corrected chi connectivity index (χ4v) is 4.32. The smallest absolute Gasteiger partial charge is 0.291 e.